The molecule has 1 aliphatic heterocycles. The summed E-state index contributed by atoms with van der Waals surface area (Å²) in [5.74, 6) is 0.898. The van der Waals surface area contributed by atoms with Crippen LogP contribution in [0.1, 0.15) is 5.56 Å². The van der Waals surface area contributed by atoms with Crippen molar-refractivity contribution >= 4 is 29.2 Å². The number of hydrogen-bond acceptors (Lipinski definition) is 6. The van der Waals surface area contributed by atoms with Crippen molar-refractivity contribution in [3.8, 4) is 0 Å². The Morgan fingerprint density at radius 1 is 0.968 bits per heavy atom. The van der Waals surface area contributed by atoms with Gasteiger partial charge in [-0.3, -0.25) is 4.79 Å². The van der Waals surface area contributed by atoms with Crippen molar-refractivity contribution in [2.24, 2.45) is 0 Å². The summed E-state index contributed by atoms with van der Waals surface area (Å²) in [7, 11) is 0. The maximum Gasteiger partial charge on any atom is 0.230 e. The number of aromatic nitrogens is 2. The van der Waals surface area contributed by atoms with Crippen LogP contribution in [0.5, 0.6) is 0 Å². The molecule has 0 saturated carbocycles. The predicted molar refractivity (Wildman–Crippen MR) is 122 cm³/mol. The lowest BCUT2D eigenvalue weighted by atomic mass is 10.2. The van der Waals surface area contributed by atoms with Gasteiger partial charge in [0.25, 0.3) is 0 Å². The minimum Gasteiger partial charge on any atom is -0.366 e. The lowest BCUT2D eigenvalue weighted by molar-refractivity contribution is -0.118. The maximum absolute atomic E-state index is 14.0. The fourth-order valence-electron chi connectivity index (χ4n) is 3.45. The quantitative estimate of drug-likeness (QED) is 0.452. The average molecular weight is 438 g/mol. The standard InChI is InChI=1S/C23H24FN5OS/c24-19-8-4-5-9-20(19)28-10-12-29(13-11-28)21-14-23(27-17-26-21)31-16-22(30)25-15-18-6-2-1-3-7-18/h1-9,14,17H,10-13,15-16H2,(H,25,30). The van der Waals surface area contributed by atoms with E-state index in [1.165, 1.54) is 24.2 Å². The van der Waals surface area contributed by atoms with E-state index in [0.29, 0.717) is 18.0 Å². The number of carbonyl (C=O) groups excluding carboxylic acids is 1. The van der Waals surface area contributed by atoms with Gasteiger partial charge in [-0.2, -0.15) is 0 Å². The van der Waals surface area contributed by atoms with Gasteiger partial charge in [0.05, 0.1) is 11.4 Å². The fraction of sp³-hybridized carbons (Fsp3) is 0.261. The molecule has 6 nitrogen and oxygen atoms in total. The van der Waals surface area contributed by atoms with Gasteiger partial charge in [0, 0.05) is 38.8 Å². The number of benzene rings is 2. The summed E-state index contributed by atoms with van der Waals surface area (Å²) in [6.45, 7) is 3.44. The van der Waals surface area contributed by atoms with E-state index in [4.69, 9.17) is 0 Å². The SMILES string of the molecule is O=C(CSc1cc(N2CCN(c3ccccc3F)CC2)ncn1)NCc1ccccc1. The van der Waals surface area contributed by atoms with Gasteiger partial charge in [0.1, 0.15) is 23.0 Å². The van der Waals surface area contributed by atoms with Crippen LogP contribution in [-0.4, -0.2) is 47.8 Å². The molecule has 2 heterocycles. The lowest BCUT2D eigenvalue weighted by Gasteiger charge is -2.36. The Kier molecular flexibility index (Phi) is 6.99. The van der Waals surface area contributed by atoms with E-state index in [-0.39, 0.29) is 11.7 Å². The molecule has 1 amide bonds. The van der Waals surface area contributed by atoms with E-state index < -0.39 is 0 Å². The summed E-state index contributed by atoms with van der Waals surface area (Å²) < 4.78 is 14.0. The zero-order valence-corrected chi connectivity index (χ0v) is 17.9. The highest BCUT2D eigenvalue weighted by molar-refractivity contribution is 7.99. The summed E-state index contributed by atoms with van der Waals surface area (Å²) in [4.78, 5) is 25.0. The number of para-hydroxylation sites is 1. The highest BCUT2D eigenvalue weighted by Gasteiger charge is 2.20. The molecule has 0 unspecified atom stereocenters. The first-order valence-corrected chi connectivity index (χ1v) is 11.2. The number of carbonyl (C=O) groups is 1. The highest BCUT2D eigenvalue weighted by Crippen LogP contribution is 2.24. The molecule has 1 fully saturated rings. The second-order valence-corrected chi connectivity index (χ2v) is 8.19. The summed E-state index contributed by atoms with van der Waals surface area (Å²) in [6, 6.07) is 18.6. The van der Waals surface area contributed by atoms with E-state index in [9.17, 15) is 9.18 Å². The Morgan fingerprint density at radius 3 is 2.45 bits per heavy atom. The molecule has 4 rings (SSSR count). The number of nitrogens with one attached hydrogen (secondary N) is 1. The second kappa shape index (κ2) is 10.3. The minimum atomic E-state index is -0.192. The van der Waals surface area contributed by atoms with Crippen molar-refractivity contribution in [3.63, 3.8) is 0 Å². The zero-order chi connectivity index (χ0) is 21.5. The van der Waals surface area contributed by atoms with Gasteiger partial charge in [0.15, 0.2) is 0 Å². The number of anilines is 2. The average Bonchev–Trinajstić information content (AvgIpc) is 2.83. The van der Waals surface area contributed by atoms with Gasteiger partial charge < -0.3 is 15.1 Å². The summed E-state index contributed by atoms with van der Waals surface area (Å²) in [6.07, 6.45) is 1.53. The molecule has 0 spiro atoms. The molecule has 0 radical (unpaired) electrons. The van der Waals surface area contributed by atoms with E-state index in [1.807, 2.05) is 48.5 Å². The Balaban J connectivity index is 1.27. The van der Waals surface area contributed by atoms with Crippen molar-refractivity contribution in [2.45, 2.75) is 11.6 Å². The summed E-state index contributed by atoms with van der Waals surface area (Å²) in [5.41, 5.74) is 1.71. The van der Waals surface area contributed by atoms with Gasteiger partial charge in [-0.05, 0) is 17.7 Å². The molecular weight excluding hydrogens is 413 g/mol. The first-order valence-electron chi connectivity index (χ1n) is 10.2. The van der Waals surface area contributed by atoms with Crippen LogP contribution in [0.3, 0.4) is 0 Å². The molecule has 1 aromatic heterocycles. The molecule has 31 heavy (non-hydrogen) atoms. The molecule has 0 aliphatic carbocycles. The predicted octanol–water partition coefficient (Wildman–Crippen LogP) is 3.35. The summed E-state index contributed by atoms with van der Waals surface area (Å²) >= 11 is 1.39. The molecule has 0 atom stereocenters. The third-order valence-corrected chi connectivity index (χ3v) is 6.03. The number of halogens is 1. The van der Waals surface area contributed by atoms with Gasteiger partial charge in [-0.15, -0.1) is 0 Å². The van der Waals surface area contributed by atoms with Crippen LogP contribution in [0.4, 0.5) is 15.9 Å². The number of amides is 1. The Bertz CT molecular complexity index is 1010. The Labute approximate surface area is 185 Å². The second-order valence-electron chi connectivity index (χ2n) is 7.19. The van der Waals surface area contributed by atoms with Crippen molar-refractivity contribution in [3.05, 3.63) is 78.4 Å². The van der Waals surface area contributed by atoms with E-state index in [0.717, 1.165) is 42.6 Å². The fourth-order valence-corrected chi connectivity index (χ4v) is 4.14. The number of piperazine rings is 1. The van der Waals surface area contributed by atoms with Crippen LogP contribution in [0.25, 0.3) is 0 Å². The third kappa shape index (κ3) is 5.73. The number of rotatable bonds is 7. The lowest BCUT2D eigenvalue weighted by Crippen LogP contribution is -2.47. The molecule has 8 heteroatoms. The van der Waals surface area contributed by atoms with Crippen molar-refractivity contribution < 1.29 is 9.18 Å². The molecule has 1 aliphatic rings. The van der Waals surface area contributed by atoms with Gasteiger partial charge in [-0.1, -0.05) is 54.2 Å². The van der Waals surface area contributed by atoms with Gasteiger partial charge >= 0.3 is 0 Å². The monoisotopic (exact) mass is 437 g/mol. The maximum atomic E-state index is 14.0. The van der Waals surface area contributed by atoms with Crippen molar-refractivity contribution in [1.29, 1.82) is 0 Å². The molecule has 1 N–H and O–H groups in total. The molecule has 1 saturated heterocycles. The Morgan fingerprint density at radius 2 is 1.68 bits per heavy atom. The van der Waals surface area contributed by atoms with E-state index in [1.54, 1.807) is 6.07 Å². The van der Waals surface area contributed by atoms with Crippen LogP contribution in [0.15, 0.2) is 72.0 Å². The molecular formula is C23H24FN5OS. The Hall–Kier alpha value is -3.13. The van der Waals surface area contributed by atoms with Crippen molar-refractivity contribution in [1.82, 2.24) is 15.3 Å². The summed E-state index contributed by atoms with van der Waals surface area (Å²) in [5, 5.41) is 3.68. The van der Waals surface area contributed by atoms with Gasteiger partial charge in [0.2, 0.25) is 5.91 Å². The number of nitrogens with zero attached hydrogens (tertiary/aromatic N) is 4. The molecule has 0 bridgehead atoms. The minimum absolute atomic E-state index is 0.0347. The van der Waals surface area contributed by atoms with E-state index in [2.05, 4.69) is 25.1 Å². The van der Waals surface area contributed by atoms with Crippen molar-refractivity contribution in [2.75, 3.05) is 41.7 Å². The molecule has 2 aromatic carbocycles. The van der Waals surface area contributed by atoms with Crippen LogP contribution in [0, 0.1) is 5.82 Å². The largest absolute Gasteiger partial charge is 0.366 e. The topological polar surface area (TPSA) is 61.4 Å². The van der Waals surface area contributed by atoms with Crippen LogP contribution in [-0.2, 0) is 11.3 Å². The molecule has 160 valence electrons. The first-order chi connectivity index (χ1) is 15.2. The first kappa shape index (κ1) is 21.1. The van der Waals surface area contributed by atoms with Crippen LogP contribution >= 0.6 is 11.8 Å². The number of thioether (sulfide) groups is 1. The van der Waals surface area contributed by atoms with Crippen LogP contribution < -0.4 is 15.1 Å². The van der Waals surface area contributed by atoms with Gasteiger partial charge in [-0.25, -0.2) is 14.4 Å². The number of hydrogen-bond donors (Lipinski definition) is 1. The highest BCUT2D eigenvalue weighted by atomic mass is 32.2. The smallest absolute Gasteiger partial charge is 0.230 e. The normalized spacial score (nSPS) is 13.8. The zero-order valence-electron chi connectivity index (χ0n) is 17.1. The van der Waals surface area contributed by atoms with Crippen LogP contribution in [0.2, 0.25) is 0 Å². The van der Waals surface area contributed by atoms with E-state index >= 15 is 0 Å². The molecule has 3 aromatic rings. The third-order valence-electron chi connectivity index (χ3n) is 5.11.